The molecule has 0 spiro atoms. The van der Waals surface area contributed by atoms with Gasteiger partial charge in [0.05, 0.1) is 13.1 Å². The van der Waals surface area contributed by atoms with Gasteiger partial charge < -0.3 is 20.6 Å². The predicted octanol–water partition coefficient (Wildman–Crippen LogP) is 3.45. The Morgan fingerprint density at radius 3 is 2.73 bits per heavy atom. The van der Waals surface area contributed by atoms with Gasteiger partial charge in [0.2, 0.25) is 5.91 Å². The second kappa shape index (κ2) is 11.7. The number of amides is 1. The lowest BCUT2D eigenvalue weighted by atomic mass is 10.1. The predicted molar refractivity (Wildman–Crippen MR) is 133 cm³/mol. The standard InChI is InChI=1S/C22H30N4O2S.HI/c1-3-23-21(25-16-22(2,28)19-9-6-12-29-19)24-14-17-7-4-8-18(13-17)15-26-11-5-10-20(26)27;/h4,6-9,12-13,28H,3,5,10-11,14-16H2,1-2H3,(H2,23,24,25);1H. The third-order valence-electron chi connectivity index (χ3n) is 4.95. The van der Waals surface area contributed by atoms with Gasteiger partial charge in [0.1, 0.15) is 5.60 Å². The van der Waals surface area contributed by atoms with Gasteiger partial charge in [0, 0.05) is 30.9 Å². The van der Waals surface area contributed by atoms with Crippen molar-refractivity contribution in [2.45, 2.75) is 45.4 Å². The molecule has 1 amide bonds. The van der Waals surface area contributed by atoms with Crippen LogP contribution in [0.15, 0.2) is 46.8 Å². The number of aliphatic imine (C=N–C) groups is 1. The number of aliphatic hydroxyl groups is 1. The van der Waals surface area contributed by atoms with Crippen molar-refractivity contribution in [2.75, 3.05) is 19.6 Å². The van der Waals surface area contributed by atoms with Crippen LogP contribution in [-0.4, -0.2) is 41.5 Å². The van der Waals surface area contributed by atoms with Crippen molar-refractivity contribution in [1.82, 2.24) is 15.5 Å². The second-order valence-electron chi connectivity index (χ2n) is 7.54. The lowest BCUT2D eigenvalue weighted by Gasteiger charge is -2.23. The summed E-state index contributed by atoms with van der Waals surface area (Å²) in [6.45, 7) is 6.97. The van der Waals surface area contributed by atoms with Crippen LogP contribution < -0.4 is 10.6 Å². The van der Waals surface area contributed by atoms with Crippen LogP contribution in [0.5, 0.6) is 0 Å². The Hall–Kier alpha value is -1.65. The monoisotopic (exact) mass is 542 g/mol. The highest BCUT2D eigenvalue weighted by atomic mass is 127. The molecule has 1 unspecified atom stereocenters. The highest BCUT2D eigenvalue weighted by Gasteiger charge is 2.24. The molecule has 3 rings (SSSR count). The average Bonchev–Trinajstić information content (AvgIpc) is 3.37. The Morgan fingerprint density at radius 2 is 2.07 bits per heavy atom. The van der Waals surface area contributed by atoms with E-state index in [-0.39, 0.29) is 29.9 Å². The van der Waals surface area contributed by atoms with E-state index in [1.165, 1.54) is 0 Å². The van der Waals surface area contributed by atoms with E-state index in [4.69, 9.17) is 0 Å². The van der Waals surface area contributed by atoms with Crippen LogP contribution in [0.25, 0.3) is 0 Å². The van der Waals surface area contributed by atoms with E-state index in [9.17, 15) is 9.90 Å². The third kappa shape index (κ3) is 6.95. The lowest BCUT2D eigenvalue weighted by molar-refractivity contribution is -0.128. The van der Waals surface area contributed by atoms with Crippen molar-refractivity contribution in [3.05, 3.63) is 57.8 Å². The summed E-state index contributed by atoms with van der Waals surface area (Å²) in [5.41, 5.74) is 1.27. The van der Waals surface area contributed by atoms with Gasteiger partial charge in [0.15, 0.2) is 5.96 Å². The maximum Gasteiger partial charge on any atom is 0.222 e. The molecule has 2 heterocycles. The quantitative estimate of drug-likeness (QED) is 0.272. The van der Waals surface area contributed by atoms with Crippen molar-refractivity contribution in [3.63, 3.8) is 0 Å². The first-order chi connectivity index (χ1) is 14.0. The molecule has 3 N–H and O–H groups in total. The molecule has 1 atom stereocenters. The zero-order chi connectivity index (χ0) is 20.7. The number of hydrogen-bond acceptors (Lipinski definition) is 4. The molecule has 164 valence electrons. The molecular formula is C22H31IN4O2S. The molecule has 0 radical (unpaired) electrons. The summed E-state index contributed by atoms with van der Waals surface area (Å²) in [6.07, 6.45) is 1.62. The van der Waals surface area contributed by atoms with E-state index in [1.54, 1.807) is 18.3 Å². The van der Waals surface area contributed by atoms with Gasteiger partial charge >= 0.3 is 0 Å². The van der Waals surface area contributed by atoms with Gasteiger partial charge in [-0.3, -0.25) is 4.79 Å². The first-order valence-electron chi connectivity index (χ1n) is 10.1. The number of nitrogens with zero attached hydrogens (tertiary/aromatic N) is 2. The van der Waals surface area contributed by atoms with E-state index < -0.39 is 5.60 Å². The fraction of sp³-hybridized carbons (Fsp3) is 0.455. The molecule has 1 aromatic heterocycles. The van der Waals surface area contributed by atoms with E-state index in [0.29, 0.717) is 32.0 Å². The van der Waals surface area contributed by atoms with Crippen LogP contribution in [0, 0.1) is 0 Å². The summed E-state index contributed by atoms with van der Waals surface area (Å²) < 4.78 is 0. The molecular weight excluding hydrogens is 511 g/mol. The fourth-order valence-electron chi connectivity index (χ4n) is 3.36. The minimum atomic E-state index is -0.952. The summed E-state index contributed by atoms with van der Waals surface area (Å²) >= 11 is 1.54. The van der Waals surface area contributed by atoms with E-state index >= 15 is 0 Å². The minimum Gasteiger partial charge on any atom is -0.383 e. The molecule has 2 aromatic rings. The Balaban J connectivity index is 0.00000320. The highest BCUT2D eigenvalue weighted by Crippen LogP contribution is 2.24. The molecule has 1 saturated heterocycles. The minimum absolute atomic E-state index is 0. The SMILES string of the molecule is CCNC(=NCc1cccc(CN2CCCC2=O)c1)NCC(C)(O)c1cccs1.I. The Labute approximate surface area is 199 Å². The molecule has 0 bridgehead atoms. The number of carbonyl (C=O) groups is 1. The molecule has 30 heavy (non-hydrogen) atoms. The van der Waals surface area contributed by atoms with Crippen LogP contribution in [0.1, 0.15) is 42.7 Å². The van der Waals surface area contributed by atoms with Crippen LogP contribution in [0.4, 0.5) is 0 Å². The molecule has 8 heteroatoms. The van der Waals surface area contributed by atoms with Gasteiger partial charge in [0.25, 0.3) is 0 Å². The summed E-state index contributed by atoms with van der Waals surface area (Å²) in [7, 11) is 0. The van der Waals surface area contributed by atoms with Crippen molar-refractivity contribution in [2.24, 2.45) is 4.99 Å². The summed E-state index contributed by atoms with van der Waals surface area (Å²) in [4.78, 5) is 19.4. The smallest absolute Gasteiger partial charge is 0.222 e. The van der Waals surface area contributed by atoms with Gasteiger partial charge in [-0.1, -0.05) is 30.3 Å². The number of hydrogen-bond donors (Lipinski definition) is 3. The fourth-order valence-corrected chi connectivity index (χ4v) is 4.14. The molecule has 0 aliphatic carbocycles. The molecule has 0 saturated carbocycles. The number of carbonyl (C=O) groups excluding carboxylic acids is 1. The maximum absolute atomic E-state index is 11.9. The van der Waals surface area contributed by atoms with Crippen molar-refractivity contribution >= 4 is 47.2 Å². The molecule has 1 aliphatic heterocycles. The Kier molecular flexibility index (Phi) is 9.57. The largest absolute Gasteiger partial charge is 0.383 e. The van der Waals surface area contributed by atoms with Crippen LogP contribution in [-0.2, 0) is 23.5 Å². The van der Waals surface area contributed by atoms with Crippen molar-refractivity contribution in [1.29, 1.82) is 0 Å². The lowest BCUT2D eigenvalue weighted by Crippen LogP contribution is -2.44. The molecule has 6 nitrogen and oxygen atoms in total. The zero-order valence-electron chi connectivity index (χ0n) is 17.6. The zero-order valence-corrected chi connectivity index (χ0v) is 20.7. The van der Waals surface area contributed by atoms with Gasteiger partial charge in [-0.2, -0.15) is 0 Å². The van der Waals surface area contributed by atoms with E-state index in [1.807, 2.05) is 41.5 Å². The van der Waals surface area contributed by atoms with Gasteiger partial charge in [-0.05, 0) is 42.8 Å². The molecule has 1 aromatic carbocycles. The number of halogens is 1. The third-order valence-corrected chi connectivity index (χ3v) is 6.08. The molecule has 1 aliphatic rings. The number of guanidine groups is 1. The average molecular weight is 542 g/mol. The van der Waals surface area contributed by atoms with Gasteiger partial charge in [-0.15, -0.1) is 35.3 Å². The first kappa shape index (κ1) is 24.6. The van der Waals surface area contributed by atoms with Crippen molar-refractivity contribution < 1.29 is 9.90 Å². The van der Waals surface area contributed by atoms with E-state index in [0.717, 1.165) is 35.5 Å². The highest BCUT2D eigenvalue weighted by molar-refractivity contribution is 14.0. The summed E-state index contributed by atoms with van der Waals surface area (Å²) in [5, 5.41) is 19.1. The van der Waals surface area contributed by atoms with Crippen LogP contribution in [0.2, 0.25) is 0 Å². The number of benzene rings is 1. The normalized spacial score (nSPS) is 16.2. The summed E-state index contributed by atoms with van der Waals surface area (Å²) in [6, 6.07) is 12.1. The number of likely N-dealkylation sites (tertiary alicyclic amines) is 1. The number of rotatable bonds is 8. The summed E-state index contributed by atoms with van der Waals surface area (Å²) in [5.74, 6) is 0.911. The first-order valence-corrected chi connectivity index (χ1v) is 11.0. The van der Waals surface area contributed by atoms with E-state index in [2.05, 4.69) is 27.8 Å². The number of thiophene rings is 1. The topological polar surface area (TPSA) is 77.0 Å². The number of nitrogens with one attached hydrogen (secondary N) is 2. The molecule has 1 fully saturated rings. The second-order valence-corrected chi connectivity index (χ2v) is 8.49. The Morgan fingerprint density at radius 1 is 1.27 bits per heavy atom. The maximum atomic E-state index is 11.9. The van der Waals surface area contributed by atoms with Gasteiger partial charge in [-0.25, -0.2) is 4.99 Å². The van der Waals surface area contributed by atoms with Crippen LogP contribution >= 0.6 is 35.3 Å². The van der Waals surface area contributed by atoms with Crippen molar-refractivity contribution in [3.8, 4) is 0 Å². The van der Waals surface area contributed by atoms with Crippen LogP contribution in [0.3, 0.4) is 0 Å². The Bertz CT molecular complexity index is 839.